The second-order valence-corrected chi connectivity index (χ2v) is 2.74. The SMILES string of the molecule is CNCC=Cc1cc(N)ccc1F. The molecule has 1 rings (SSSR count). The fourth-order valence-corrected chi connectivity index (χ4v) is 0.994. The Balaban J connectivity index is 2.81. The van der Waals surface area contributed by atoms with Crippen LogP contribution in [-0.4, -0.2) is 13.6 Å². The van der Waals surface area contributed by atoms with Crippen LogP contribution in [0.25, 0.3) is 6.08 Å². The average molecular weight is 180 g/mol. The van der Waals surface area contributed by atoms with E-state index in [4.69, 9.17) is 5.73 Å². The Morgan fingerprint density at radius 3 is 3.00 bits per heavy atom. The van der Waals surface area contributed by atoms with Crippen LogP contribution in [0.4, 0.5) is 10.1 Å². The number of nitrogens with two attached hydrogens (primary N) is 1. The van der Waals surface area contributed by atoms with E-state index in [1.165, 1.54) is 6.07 Å². The molecule has 2 nitrogen and oxygen atoms in total. The number of nitrogens with one attached hydrogen (secondary N) is 1. The van der Waals surface area contributed by atoms with E-state index in [9.17, 15) is 4.39 Å². The van der Waals surface area contributed by atoms with Crippen LogP contribution in [0.15, 0.2) is 24.3 Å². The van der Waals surface area contributed by atoms with E-state index in [0.29, 0.717) is 17.8 Å². The van der Waals surface area contributed by atoms with E-state index in [2.05, 4.69) is 5.32 Å². The quantitative estimate of drug-likeness (QED) is 0.694. The van der Waals surface area contributed by atoms with Gasteiger partial charge in [0.2, 0.25) is 0 Å². The first-order chi connectivity index (χ1) is 6.24. The Morgan fingerprint density at radius 1 is 1.54 bits per heavy atom. The molecular weight excluding hydrogens is 167 g/mol. The molecule has 0 bridgehead atoms. The maximum absolute atomic E-state index is 13.1. The first kappa shape index (κ1) is 9.74. The summed E-state index contributed by atoms with van der Waals surface area (Å²) in [6, 6.07) is 4.53. The Bertz CT molecular complexity index is 308. The van der Waals surface area contributed by atoms with Gasteiger partial charge in [0.05, 0.1) is 0 Å². The van der Waals surface area contributed by atoms with Crippen LogP contribution in [0.1, 0.15) is 5.56 Å². The monoisotopic (exact) mass is 180 g/mol. The van der Waals surface area contributed by atoms with Gasteiger partial charge in [-0.15, -0.1) is 0 Å². The number of rotatable bonds is 3. The van der Waals surface area contributed by atoms with Crippen molar-refractivity contribution in [3.8, 4) is 0 Å². The molecule has 0 fully saturated rings. The molecule has 1 aromatic rings. The summed E-state index contributed by atoms with van der Waals surface area (Å²) in [7, 11) is 1.83. The molecule has 0 aliphatic rings. The zero-order chi connectivity index (χ0) is 9.68. The molecule has 70 valence electrons. The van der Waals surface area contributed by atoms with Gasteiger partial charge in [-0.05, 0) is 25.2 Å². The number of hydrogen-bond acceptors (Lipinski definition) is 2. The summed E-state index contributed by atoms with van der Waals surface area (Å²) in [4.78, 5) is 0. The smallest absolute Gasteiger partial charge is 0.130 e. The third-order valence-corrected chi connectivity index (χ3v) is 1.64. The van der Waals surface area contributed by atoms with Crippen LogP contribution < -0.4 is 11.1 Å². The van der Waals surface area contributed by atoms with Gasteiger partial charge in [-0.2, -0.15) is 0 Å². The molecule has 0 saturated carbocycles. The molecule has 0 saturated heterocycles. The van der Waals surface area contributed by atoms with Crippen molar-refractivity contribution >= 4 is 11.8 Å². The van der Waals surface area contributed by atoms with E-state index in [1.54, 1.807) is 18.2 Å². The number of nitrogen functional groups attached to an aromatic ring is 1. The van der Waals surface area contributed by atoms with E-state index in [0.717, 1.165) is 0 Å². The Labute approximate surface area is 77.3 Å². The number of anilines is 1. The lowest BCUT2D eigenvalue weighted by Gasteiger charge is -1.98. The number of benzene rings is 1. The second kappa shape index (κ2) is 4.62. The standard InChI is InChI=1S/C10H13FN2/c1-13-6-2-3-8-7-9(12)4-5-10(8)11/h2-5,7,13H,6,12H2,1H3. The predicted octanol–water partition coefficient (Wildman–Crippen LogP) is 1.64. The van der Waals surface area contributed by atoms with Crippen LogP contribution in [0, 0.1) is 5.82 Å². The molecule has 0 spiro atoms. The molecule has 0 aliphatic carbocycles. The molecule has 0 radical (unpaired) electrons. The van der Waals surface area contributed by atoms with E-state index >= 15 is 0 Å². The summed E-state index contributed by atoms with van der Waals surface area (Å²) in [5, 5.41) is 2.93. The van der Waals surface area contributed by atoms with Crippen molar-refractivity contribution in [1.82, 2.24) is 5.32 Å². The van der Waals surface area contributed by atoms with Gasteiger partial charge in [0.15, 0.2) is 0 Å². The Hall–Kier alpha value is -1.35. The normalized spacial score (nSPS) is 10.9. The summed E-state index contributed by atoms with van der Waals surface area (Å²) >= 11 is 0. The molecule has 1 aromatic carbocycles. The van der Waals surface area contributed by atoms with Crippen molar-refractivity contribution in [2.75, 3.05) is 19.3 Å². The summed E-state index contributed by atoms with van der Waals surface area (Å²) in [6.45, 7) is 0.717. The maximum Gasteiger partial charge on any atom is 0.130 e. The van der Waals surface area contributed by atoms with Gasteiger partial charge < -0.3 is 11.1 Å². The van der Waals surface area contributed by atoms with Crippen molar-refractivity contribution in [2.45, 2.75) is 0 Å². The lowest BCUT2D eigenvalue weighted by atomic mass is 10.2. The molecule has 3 heteroatoms. The highest BCUT2D eigenvalue weighted by molar-refractivity contribution is 5.56. The highest BCUT2D eigenvalue weighted by Crippen LogP contribution is 2.13. The van der Waals surface area contributed by atoms with Crippen molar-refractivity contribution in [3.63, 3.8) is 0 Å². The minimum Gasteiger partial charge on any atom is -0.399 e. The van der Waals surface area contributed by atoms with Gasteiger partial charge >= 0.3 is 0 Å². The fraction of sp³-hybridized carbons (Fsp3) is 0.200. The Morgan fingerprint density at radius 2 is 2.31 bits per heavy atom. The van der Waals surface area contributed by atoms with Crippen LogP contribution in [0.3, 0.4) is 0 Å². The molecular formula is C10H13FN2. The number of hydrogen-bond donors (Lipinski definition) is 2. The van der Waals surface area contributed by atoms with Gasteiger partial charge in [-0.3, -0.25) is 0 Å². The fourth-order valence-electron chi connectivity index (χ4n) is 0.994. The average Bonchev–Trinajstić information content (AvgIpc) is 2.11. The first-order valence-corrected chi connectivity index (χ1v) is 4.10. The molecule has 0 amide bonds. The summed E-state index contributed by atoms with van der Waals surface area (Å²) in [5.41, 5.74) is 6.61. The topological polar surface area (TPSA) is 38.0 Å². The summed E-state index contributed by atoms with van der Waals surface area (Å²) < 4.78 is 13.1. The number of halogens is 1. The maximum atomic E-state index is 13.1. The van der Waals surface area contributed by atoms with Crippen molar-refractivity contribution in [2.24, 2.45) is 0 Å². The number of likely N-dealkylation sites (N-methyl/N-ethyl adjacent to an activating group) is 1. The second-order valence-electron chi connectivity index (χ2n) is 2.74. The van der Waals surface area contributed by atoms with E-state index in [1.807, 2.05) is 13.1 Å². The molecule has 0 aromatic heterocycles. The zero-order valence-electron chi connectivity index (χ0n) is 7.55. The molecule has 0 heterocycles. The minimum absolute atomic E-state index is 0.249. The van der Waals surface area contributed by atoms with Crippen molar-refractivity contribution in [1.29, 1.82) is 0 Å². The first-order valence-electron chi connectivity index (χ1n) is 4.10. The van der Waals surface area contributed by atoms with Gasteiger partial charge in [-0.1, -0.05) is 12.2 Å². The molecule has 0 atom stereocenters. The highest BCUT2D eigenvalue weighted by Gasteiger charge is 1.97. The van der Waals surface area contributed by atoms with Crippen LogP contribution >= 0.6 is 0 Å². The molecule has 0 aliphatic heterocycles. The molecule has 3 N–H and O–H groups in total. The molecule has 13 heavy (non-hydrogen) atoms. The minimum atomic E-state index is -0.249. The third kappa shape index (κ3) is 2.87. The lowest BCUT2D eigenvalue weighted by molar-refractivity contribution is 0.625. The predicted molar refractivity (Wildman–Crippen MR) is 53.8 cm³/mol. The van der Waals surface area contributed by atoms with Gasteiger partial charge in [-0.25, -0.2) is 4.39 Å². The van der Waals surface area contributed by atoms with Crippen LogP contribution in [0.2, 0.25) is 0 Å². The largest absolute Gasteiger partial charge is 0.399 e. The van der Waals surface area contributed by atoms with Gasteiger partial charge in [0.25, 0.3) is 0 Å². The van der Waals surface area contributed by atoms with Gasteiger partial charge in [0.1, 0.15) is 5.82 Å². The zero-order valence-corrected chi connectivity index (χ0v) is 7.55. The van der Waals surface area contributed by atoms with Gasteiger partial charge in [0, 0.05) is 17.8 Å². The van der Waals surface area contributed by atoms with Crippen molar-refractivity contribution < 1.29 is 4.39 Å². The Kier molecular flexibility index (Phi) is 3.46. The highest BCUT2D eigenvalue weighted by atomic mass is 19.1. The van der Waals surface area contributed by atoms with Crippen LogP contribution in [0.5, 0.6) is 0 Å². The van der Waals surface area contributed by atoms with Crippen molar-refractivity contribution in [3.05, 3.63) is 35.7 Å². The lowest BCUT2D eigenvalue weighted by Crippen LogP contribution is -2.03. The van der Waals surface area contributed by atoms with Crippen LogP contribution in [-0.2, 0) is 0 Å². The molecule has 0 unspecified atom stereocenters. The van der Waals surface area contributed by atoms with E-state index in [-0.39, 0.29) is 5.82 Å². The summed E-state index contributed by atoms with van der Waals surface area (Å²) in [6.07, 6.45) is 3.56. The third-order valence-electron chi connectivity index (χ3n) is 1.64. The summed E-state index contributed by atoms with van der Waals surface area (Å²) in [5.74, 6) is -0.249. The van der Waals surface area contributed by atoms with E-state index < -0.39 is 0 Å².